The number of carbonyl (C=O) groups excluding carboxylic acids is 2. The molecular weight excluding hydrogens is 318 g/mol. The maximum absolute atomic E-state index is 12.1. The van der Waals surface area contributed by atoms with Crippen molar-refractivity contribution in [3.63, 3.8) is 0 Å². The fourth-order valence-electron chi connectivity index (χ4n) is 3.65. The molecule has 0 saturated carbocycles. The number of carbonyl (C=O) groups is 2. The first-order valence-corrected chi connectivity index (χ1v) is 8.67. The molecule has 1 spiro atoms. The van der Waals surface area contributed by atoms with E-state index in [0.717, 1.165) is 38.2 Å². The van der Waals surface area contributed by atoms with E-state index in [2.05, 4.69) is 25.8 Å². The number of anilines is 1. The number of likely N-dealkylation sites (tertiary alicyclic amines) is 1. The van der Waals surface area contributed by atoms with Gasteiger partial charge in [0.2, 0.25) is 11.8 Å². The van der Waals surface area contributed by atoms with E-state index in [1.165, 1.54) is 0 Å². The van der Waals surface area contributed by atoms with Crippen LogP contribution >= 0.6 is 0 Å². The number of rotatable bonds is 3. The molecule has 2 heterocycles. The Hall–Kier alpha value is -2.57. The van der Waals surface area contributed by atoms with E-state index in [9.17, 15) is 9.59 Å². The predicted octanol–water partition coefficient (Wildman–Crippen LogP) is 0.803. The topological polar surface area (TPSA) is 85.8 Å². The largest absolute Gasteiger partial charge is 0.355 e. The highest BCUT2D eigenvalue weighted by Crippen LogP contribution is 2.35. The predicted molar refractivity (Wildman–Crippen MR) is 97.3 cm³/mol. The monoisotopic (exact) mass is 343 g/mol. The molecule has 1 atom stereocenters. The summed E-state index contributed by atoms with van der Waals surface area (Å²) in [5.41, 5.74) is 0.774. The molecule has 0 aliphatic carbocycles. The lowest BCUT2D eigenvalue weighted by Gasteiger charge is -2.40. The fourth-order valence-corrected chi connectivity index (χ4v) is 3.65. The molecule has 25 heavy (non-hydrogen) atoms. The SMILES string of the molecule is CN=C(NCC(=O)Nc1ccccc1)N1CCCC2(CNC(=O)C2)C1. The fraction of sp³-hybridized carbons (Fsp3) is 0.500. The molecule has 0 radical (unpaired) electrons. The van der Waals surface area contributed by atoms with E-state index in [1.54, 1.807) is 7.05 Å². The number of aliphatic imine (C=N–C) groups is 1. The van der Waals surface area contributed by atoms with Gasteiger partial charge in [0, 0.05) is 44.2 Å². The summed E-state index contributed by atoms with van der Waals surface area (Å²) in [4.78, 5) is 30.2. The average Bonchev–Trinajstić information content (AvgIpc) is 2.96. The number of nitrogens with zero attached hydrogens (tertiary/aromatic N) is 2. The van der Waals surface area contributed by atoms with Crippen molar-refractivity contribution in [2.75, 3.05) is 38.5 Å². The first-order valence-electron chi connectivity index (χ1n) is 8.67. The van der Waals surface area contributed by atoms with Crippen molar-refractivity contribution in [1.29, 1.82) is 0 Å². The minimum atomic E-state index is -0.114. The van der Waals surface area contributed by atoms with Crippen molar-refractivity contribution >= 4 is 23.5 Å². The van der Waals surface area contributed by atoms with Gasteiger partial charge in [-0.15, -0.1) is 0 Å². The molecular formula is C18H25N5O2. The number of guanidine groups is 1. The van der Waals surface area contributed by atoms with Crippen molar-refractivity contribution in [1.82, 2.24) is 15.5 Å². The summed E-state index contributed by atoms with van der Waals surface area (Å²) in [7, 11) is 1.72. The van der Waals surface area contributed by atoms with Crippen LogP contribution in [-0.2, 0) is 9.59 Å². The molecule has 2 aliphatic rings. The van der Waals surface area contributed by atoms with Crippen LogP contribution in [-0.4, -0.2) is 55.9 Å². The second-order valence-corrected chi connectivity index (χ2v) is 6.79. The Morgan fingerprint density at radius 1 is 1.36 bits per heavy atom. The Labute approximate surface area is 147 Å². The molecule has 7 nitrogen and oxygen atoms in total. The lowest BCUT2D eigenvalue weighted by Crippen LogP contribution is -2.52. The van der Waals surface area contributed by atoms with E-state index in [4.69, 9.17) is 0 Å². The van der Waals surface area contributed by atoms with Crippen LogP contribution < -0.4 is 16.0 Å². The molecule has 3 N–H and O–H groups in total. The highest BCUT2D eigenvalue weighted by Gasteiger charge is 2.42. The third kappa shape index (κ3) is 4.29. The second kappa shape index (κ2) is 7.55. The highest BCUT2D eigenvalue weighted by molar-refractivity contribution is 5.95. The summed E-state index contributed by atoms with van der Waals surface area (Å²) in [6, 6.07) is 9.37. The molecule has 1 aromatic rings. The Balaban J connectivity index is 1.54. The summed E-state index contributed by atoms with van der Waals surface area (Å²) < 4.78 is 0. The molecule has 7 heteroatoms. The molecule has 0 bridgehead atoms. The van der Waals surface area contributed by atoms with Gasteiger partial charge in [0.05, 0.1) is 6.54 Å². The molecule has 2 amide bonds. The standard InChI is InChI=1S/C18H25N5O2/c1-19-17(20-11-16(25)22-14-6-3-2-4-7-14)23-9-5-8-18(13-23)10-15(24)21-12-18/h2-4,6-7H,5,8-13H2,1H3,(H,19,20)(H,21,24)(H,22,25). The van der Waals surface area contributed by atoms with Crippen LogP contribution in [0.4, 0.5) is 5.69 Å². The van der Waals surface area contributed by atoms with Crippen molar-refractivity contribution in [2.45, 2.75) is 19.3 Å². The number of benzene rings is 1. The lowest BCUT2D eigenvalue weighted by molar-refractivity contribution is -0.120. The summed E-state index contributed by atoms with van der Waals surface area (Å²) >= 11 is 0. The maximum Gasteiger partial charge on any atom is 0.243 e. The van der Waals surface area contributed by atoms with Gasteiger partial charge in [-0.25, -0.2) is 0 Å². The first-order chi connectivity index (χ1) is 12.1. The second-order valence-electron chi connectivity index (χ2n) is 6.79. The van der Waals surface area contributed by atoms with E-state index in [-0.39, 0.29) is 23.8 Å². The first kappa shape index (κ1) is 17.3. The lowest BCUT2D eigenvalue weighted by atomic mass is 9.79. The van der Waals surface area contributed by atoms with Gasteiger partial charge in [-0.3, -0.25) is 14.6 Å². The maximum atomic E-state index is 12.1. The summed E-state index contributed by atoms with van der Waals surface area (Å²) in [6.45, 7) is 2.55. The minimum absolute atomic E-state index is 0.000743. The van der Waals surface area contributed by atoms with Crippen molar-refractivity contribution in [2.24, 2.45) is 10.4 Å². The summed E-state index contributed by atoms with van der Waals surface area (Å²) in [6.07, 6.45) is 2.65. The highest BCUT2D eigenvalue weighted by atomic mass is 16.2. The molecule has 0 aromatic heterocycles. The van der Waals surface area contributed by atoms with Crippen LogP contribution in [0.15, 0.2) is 35.3 Å². The normalized spacial score (nSPS) is 23.5. The number of nitrogens with one attached hydrogen (secondary N) is 3. The van der Waals surface area contributed by atoms with Crippen LogP contribution in [0.1, 0.15) is 19.3 Å². The Morgan fingerprint density at radius 2 is 2.16 bits per heavy atom. The third-order valence-corrected chi connectivity index (χ3v) is 4.83. The average molecular weight is 343 g/mol. The van der Waals surface area contributed by atoms with Gasteiger partial charge >= 0.3 is 0 Å². The van der Waals surface area contributed by atoms with E-state index < -0.39 is 0 Å². The number of para-hydroxylation sites is 1. The molecule has 1 unspecified atom stereocenters. The molecule has 3 rings (SSSR count). The van der Waals surface area contributed by atoms with Gasteiger partial charge in [0.1, 0.15) is 0 Å². The Morgan fingerprint density at radius 3 is 2.84 bits per heavy atom. The zero-order valence-corrected chi connectivity index (χ0v) is 14.5. The van der Waals surface area contributed by atoms with Gasteiger partial charge in [0.25, 0.3) is 0 Å². The molecule has 1 aromatic carbocycles. The Kier molecular flexibility index (Phi) is 5.21. The van der Waals surface area contributed by atoms with Gasteiger partial charge in [-0.05, 0) is 25.0 Å². The number of hydrogen-bond acceptors (Lipinski definition) is 3. The number of piperidine rings is 1. The third-order valence-electron chi connectivity index (χ3n) is 4.83. The van der Waals surface area contributed by atoms with Crippen LogP contribution in [0.3, 0.4) is 0 Å². The van der Waals surface area contributed by atoms with E-state index in [0.29, 0.717) is 12.4 Å². The van der Waals surface area contributed by atoms with Gasteiger partial charge in [-0.2, -0.15) is 0 Å². The van der Waals surface area contributed by atoms with E-state index in [1.807, 2.05) is 30.3 Å². The van der Waals surface area contributed by atoms with Crippen molar-refractivity contribution in [3.8, 4) is 0 Å². The summed E-state index contributed by atoms with van der Waals surface area (Å²) in [5.74, 6) is 0.727. The molecule has 2 aliphatic heterocycles. The molecule has 134 valence electrons. The van der Waals surface area contributed by atoms with Gasteiger partial charge in [-0.1, -0.05) is 18.2 Å². The number of hydrogen-bond donors (Lipinski definition) is 3. The van der Waals surface area contributed by atoms with Crippen molar-refractivity contribution < 1.29 is 9.59 Å². The minimum Gasteiger partial charge on any atom is -0.355 e. The Bertz CT molecular complexity index is 661. The molecule has 2 fully saturated rings. The zero-order chi connectivity index (χ0) is 17.7. The quantitative estimate of drug-likeness (QED) is 0.560. The van der Waals surface area contributed by atoms with E-state index >= 15 is 0 Å². The van der Waals surface area contributed by atoms with Crippen LogP contribution in [0.2, 0.25) is 0 Å². The number of amides is 2. The van der Waals surface area contributed by atoms with Gasteiger partial charge < -0.3 is 20.9 Å². The van der Waals surface area contributed by atoms with Gasteiger partial charge in [0.15, 0.2) is 5.96 Å². The summed E-state index contributed by atoms with van der Waals surface area (Å²) in [5, 5.41) is 8.93. The zero-order valence-electron chi connectivity index (χ0n) is 14.5. The van der Waals surface area contributed by atoms with Crippen LogP contribution in [0.25, 0.3) is 0 Å². The van der Waals surface area contributed by atoms with Crippen molar-refractivity contribution in [3.05, 3.63) is 30.3 Å². The molecule has 2 saturated heterocycles. The van der Waals surface area contributed by atoms with Crippen LogP contribution in [0, 0.1) is 5.41 Å². The van der Waals surface area contributed by atoms with Crippen LogP contribution in [0.5, 0.6) is 0 Å². The smallest absolute Gasteiger partial charge is 0.243 e.